The SMILES string of the molecule is C/C(=C\C(=O)c1cc(S(C)(=O)=O)cc(C)c1C)C(=O)N[C@@H](Cc1ccc(Cl)cc1)CC1(C)CCN(c2ccccc2CN2CCCCC2=O)CC1. The molecule has 1 atom stereocenters. The summed E-state index contributed by atoms with van der Waals surface area (Å²) in [6.45, 7) is 10.6. The summed E-state index contributed by atoms with van der Waals surface area (Å²) in [5.74, 6) is -0.512. The number of aryl methyl sites for hydroxylation is 1. The number of anilines is 1. The van der Waals surface area contributed by atoms with E-state index in [4.69, 9.17) is 11.6 Å². The summed E-state index contributed by atoms with van der Waals surface area (Å²) in [5, 5.41) is 3.88. The predicted octanol–water partition coefficient (Wildman–Crippen LogP) is 7.43. The molecule has 0 saturated carbocycles. The van der Waals surface area contributed by atoms with Crippen LogP contribution in [0.1, 0.15) is 85.0 Å². The van der Waals surface area contributed by atoms with Crippen LogP contribution < -0.4 is 10.2 Å². The largest absolute Gasteiger partial charge is 0.371 e. The predicted molar refractivity (Wildman–Crippen MR) is 204 cm³/mol. The summed E-state index contributed by atoms with van der Waals surface area (Å²) in [4.78, 5) is 44.1. The van der Waals surface area contributed by atoms with E-state index in [1.807, 2.05) is 35.2 Å². The number of halogens is 1. The van der Waals surface area contributed by atoms with Gasteiger partial charge in [0.2, 0.25) is 11.8 Å². The van der Waals surface area contributed by atoms with Gasteiger partial charge in [0.1, 0.15) is 0 Å². The van der Waals surface area contributed by atoms with Crippen molar-refractivity contribution in [2.24, 2.45) is 5.41 Å². The lowest BCUT2D eigenvalue weighted by Gasteiger charge is -2.43. The minimum atomic E-state index is -3.52. The molecule has 2 aliphatic rings. The number of carbonyl (C=O) groups excluding carboxylic acids is 3. The minimum Gasteiger partial charge on any atom is -0.371 e. The number of nitrogens with zero attached hydrogens (tertiary/aromatic N) is 2. The second kappa shape index (κ2) is 16.2. The third-order valence-electron chi connectivity index (χ3n) is 10.6. The Morgan fingerprint density at radius 1 is 1.00 bits per heavy atom. The number of sulfone groups is 1. The molecule has 2 aliphatic heterocycles. The Balaban J connectivity index is 1.30. The fourth-order valence-corrected chi connectivity index (χ4v) is 8.14. The Morgan fingerprint density at radius 2 is 1.69 bits per heavy atom. The number of ketones is 1. The summed E-state index contributed by atoms with van der Waals surface area (Å²) in [5.41, 5.74) is 5.26. The van der Waals surface area contributed by atoms with Gasteiger partial charge in [-0.2, -0.15) is 0 Å². The van der Waals surface area contributed by atoms with Gasteiger partial charge >= 0.3 is 0 Å². The molecule has 10 heteroatoms. The van der Waals surface area contributed by atoms with Gasteiger partial charge in [-0.3, -0.25) is 14.4 Å². The van der Waals surface area contributed by atoms with Crippen molar-refractivity contribution < 1.29 is 22.8 Å². The maximum atomic E-state index is 13.7. The Hall–Kier alpha value is -3.95. The van der Waals surface area contributed by atoms with Gasteiger partial charge < -0.3 is 15.1 Å². The number of likely N-dealkylation sites (tertiary alicyclic amines) is 1. The van der Waals surface area contributed by atoms with Crippen molar-refractivity contribution in [3.63, 3.8) is 0 Å². The average molecular weight is 732 g/mol. The van der Waals surface area contributed by atoms with E-state index in [2.05, 4.69) is 35.3 Å². The van der Waals surface area contributed by atoms with E-state index in [0.717, 1.165) is 63.6 Å². The highest BCUT2D eigenvalue weighted by atomic mass is 35.5. The summed E-state index contributed by atoms with van der Waals surface area (Å²) in [6, 6.07) is 18.8. The van der Waals surface area contributed by atoms with Gasteiger partial charge in [-0.15, -0.1) is 0 Å². The Labute approximate surface area is 308 Å². The molecule has 0 spiro atoms. The van der Waals surface area contributed by atoms with Crippen molar-refractivity contribution in [1.29, 1.82) is 0 Å². The van der Waals surface area contributed by atoms with Crippen molar-refractivity contribution >= 4 is 44.7 Å². The van der Waals surface area contributed by atoms with Crippen LogP contribution in [0, 0.1) is 19.3 Å². The highest BCUT2D eigenvalue weighted by molar-refractivity contribution is 7.90. The van der Waals surface area contributed by atoms with Gasteiger partial charge in [-0.1, -0.05) is 48.9 Å². The zero-order valence-corrected chi connectivity index (χ0v) is 32.0. The monoisotopic (exact) mass is 731 g/mol. The molecule has 0 bridgehead atoms. The smallest absolute Gasteiger partial charge is 0.247 e. The molecule has 8 nitrogen and oxygen atoms in total. The van der Waals surface area contributed by atoms with Gasteiger partial charge in [0.25, 0.3) is 0 Å². The number of nitrogens with one attached hydrogen (secondary N) is 1. The van der Waals surface area contributed by atoms with Crippen LogP contribution in [0.4, 0.5) is 5.69 Å². The maximum absolute atomic E-state index is 13.7. The van der Waals surface area contributed by atoms with Crippen LogP contribution in [-0.4, -0.2) is 62.8 Å². The molecule has 3 aromatic rings. The van der Waals surface area contributed by atoms with Gasteiger partial charge in [-0.25, -0.2) is 8.42 Å². The van der Waals surface area contributed by atoms with E-state index in [9.17, 15) is 22.8 Å². The highest BCUT2D eigenvalue weighted by Crippen LogP contribution is 2.39. The lowest BCUT2D eigenvalue weighted by Crippen LogP contribution is -2.45. The quantitative estimate of drug-likeness (QED) is 0.154. The fourth-order valence-electron chi connectivity index (χ4n) is 7.29. The first kappa shape index (κ1) is 38.3. The molecule has 0 aromatic heterocycles. The molecule has 1 N–H and O–H groups in total. The van der Waals surface area contributed by atoms with Gasteiger partial charge in [0.15, 0.2) is 15.6 Å². The van der Waals surface area contributed by atoms with Crippen LogP contribution in [0.2, 0.25) is 5.02 Å². The number of carbonyl (C=O) groups is 3. The third-order valence-corrected chi connectivity index (χ3v) is 11.9. The molecule has 272 valence electrons. The second-order valence-corrected chi connectivity index (χ2v) is 17.2. The number of allylic oxidation sites excluding steroid dienone is 1. The summed E-state index contributed by atoms with van der Waals surface area (Å²) in [6.07, 6.45) is 8.27. The van der Waals surface area contributed by atoms with Crippen molar-refractivity contribution in [2.45, 2.75) is 90.1 Å². The fraction of sp³-hybridized carbons (Fsp3) is 0.439. The van der Waals surface area contributed by atoms with Crippen LogP contribution >= 0.6 is 11.6 Å². The summed E-state index contributed by atoms with van der Waals surface area (Å²) >= 11 is 6.18. The second-order valence-electron chi connectivity index (χ2n) is 14.8. The van der Waals surface area contributed by atoms with E-state index in [-0.39, 0.29) is 39.3 Å². The molecule has 2 heterocycles. The number of benzene rings is 3. The van der Waals surface area contributed by atoms with Gasteiger partial charge in [0, 0.05) is 66.7 Å². The van der Waals surface area contributed by atoms with Crippen LogP contribution in [0.3, 0.4) is 0 Å². The number of hydrogen-bond donors (Lipinski definition) is 1. The van der Waals surface area contributed by atoms with Crippen LogP contribution in [0.15, 0.2) is 77.2 Å². The molecule has 2 amide bonds. The van der Waals surface area contributed by atoms with E-state index < -0.39 is 15.6 Å². The lowest BCUT2D eigenvalue weighted by molar-refractivity contribution is -0.133. The van der Waals surface area contributed by atoms with E-state index in [1.165, 1.54) is 23.4 Å². The maximum Gasteiger partial charge on any atom is 0.247 e. The van der Waals surface area contributed by atoms with Crippen LogP contribution in [-0.2, 0) is 32.4 Å². The third kappa shape index (κ3) is 9.89. The van der Waals surface area contributed by atoms with E-state index in [0.29, 0.717) is 35.5 Å². The molecule has 5 rings (SSSR count). The Bertz CT molecular complexity index is 1910. The van der Waals surface area contributed by atoms with Gasteiger partial charge in [0.05, 0.1) is 4.90 Å². The average Bonchev–Trinajstić information content (AvgIpc) is 3.08. The summed E-state index contributed by atoms with van der Waals surface area (Å²) < 4.78 is 24.5. The van der Waals surface area contributed by atoms with Crippen molar-refractivity contribution in [3.05, 3.63) is 105 Å². The molecule has 0 aliphatic carbocycles. The number of hydrogen-bond acceptors (Lipinski definition) is 6. The topological polar surface area (TPSA) is 104 Å². The molecule has 2 saturated heterocycles. The number of amides is 2. The molecule has 0 radical (unpaired) electrons. The van der Waals surface area contributed by atoms with Crippen molar-refractivity contribution in [1.82, 2.24) is 10.2 Å². The van der Waals surface area contributed by atoms with Crippen molar-refractivity contribution in [2.75, 3.05) is 30.8 Å². The Kier molecular flexibility index (Phi) is 12.1. The van der Waals surface area contributed by atoms with Crippen LogP contribution in [0.5, 0.6) is 0 Å². The standard InChI is InChI=1S/C41H50ClN3O5S/c1-28-22-35(51(5,49)50)25-36(30(28)3)38(46)23-29(2)40(48)43-34(24-31-13-15-33(42)16-14-31)26-41(4)17-20-44(21-18-41)37-11-7-6-10-32(37)27-45-19-9-8-12-39(45)47/h6-7,10-11,13-16,22-23,25,34H,8-9,12,17-21,24,26-27H2,1-5H3,(H,43,48)/b29-23+/t34-/m0/s1. The first-order chi connectivity index (χ1) is 24.1. The first-order valence-corrected chi connectivity index (χ1v) is 20.1. The molecule has 2 fully saturated rings. The zero-order chi connectivity index (χ0) is 36.9. The molecule has 0 unspecified atom stereocenters. The summed E-state index contributed by atoms with van der Waals surface area (Å²) in [7, 11) is -3.52. The van der Waals surface area contributed by atoms with Gasteiger partial charge in [-0.05, 0) is 123 Å². The molecule has 3 aromatic carbocycles. The van der Waals surface area contributed by atoms with Crippen LogP contribution in [0.25, 0.3) is 0 Å². The molecule has 51 heavy (non-hydrogen) atoms. The molecular formula is C41H50ClN3O5S. The lowest BCUT2D eigenvalue weighted by atomic mass is 9.74. The zero-order valence-electron chi connectivity index (χ0n) is 30.4. The minimum absolute atomic E-state index is 0.0488. The number of rotatable bonds is 12. The highest BCUT2D eigenvalue weighted by Gasteiger charge is 2.34. The number of piperidine rings is 2. The molecular weight excluding hydrogens is 682 g/mol. The first-order valence-electron chi connectivity index (χ1n) is 17.8. The van der Waals surface area contributed by atoms with Crippen molar-refractivity contribution in [3.8, 4) is 0 Å². The number of para-hydroxylation sites is 1. The Morgan fingerprint density at radius 3 is 2.35 bits per heavy atom. The normalized spacial score (nSPS) is 17.3. The van der Waals surface area contributed by atoms with E-state index in [1.54, 1.807) is 26.8 Å². The van der Waals surface area contributed by atoms with E-state index >= 15 is 0 Å².